The SMILES string of the molecule is Cc1cc(-c2ccc(N=Nc3cc(S(=O)(=O)O)c4ccccc4c3N)c(C)c2)ccc1N=Nc1cc(S(=O)(=O)O)c2ccccc2c1N.[Na].[Na]. The van der Waals surface area contributed by atoms with Gasteiger partial charge in [-0.3, -0.25) is 9.11 Å². The van der Waals surface area contributed by atoms with Crippen LogP contribution in [0.3, 0.4) is 0 Å². The van der Waals surface area contributed by atoms with Crippen LogP contribution in [0.15, 0.2) is 127 Å². The summed E-state index contributed by atoms with van der Waals surface area (Å²) in [6.07, 6.45) is 0. The van der Waals surface area contributed by atoms with E-state index in [9.17, 15) is 25.9 Å². The van der Waals surface area contributed by atoms with E-state index >= 15 is 0 Å². The first-order valence-electron chi connectivity index (χ1n) is 14.3. The molecule has 0 aliphatic rings. The van der Waals surface area contributed by atoms with E-state index in [1.54, 1.807) is 60.7 Å². The van der Waals surface area contributed by atoms with Crippen molar-refractivity contribution in [3.05, 3.63) is 108 Å². The van der Waals surface area contributed by atoms with Crippen LogP contribution in [0.1, 0.15) is 11.1 Å². The van der Waals surface area contributed by atoms with Gasteiger partial charge in [0.25, 0.3) is 20.2 Å². The van der Waals surface area contributed by atoms with Crippen LogP contribution in [0.2, 0.25) is 0 Å². The van der Waals surface area contributed by atoms with Crippen LogP contribution in [-0.2, 0) is 20.2 Å². The molecule has 0 saturated heterocycles. The van der Waals surface area contributed by atoms with E-state index < -0.39 is 20.2 Å². The number of nitrogen functional groups attached to an aromatic ring is 2. The van der Waals surface area contributed by atoms with Gasteiger partial charge in [-0.05, 0) is 72.5 Å². The maximum atomic E-state index is 12.1. The van der Waals surface area contributed by atoms with Gasteiger partial charge in [0, 0.05) is 80.7 Å². The number of azo groups is 2. The molecule has 6 aromatic rings. The van der Waals surface area contributed by atoms with Crippen LogP contribution in [-0.4, -0.2) is 85.1 Å². The number of aryl methyl sites for hydroxylation is 2. The smallest absolute Gasteiger partial charge is 0.295 e. The molecule has 6 rings (SSSR count). The minimum atomic E-state index is -4.54. The largest absolute Gasteiger partial charge is 0.396 e. The van der Waals surface area contributed by atoms with Crippen molar-refractivity contribution in [2.75, 3.05) is 11.5 Å². The van der Waals surface area contributed by atoms with Crippen LogP contribution in [0.4, 0.5) is 34.1 Å². The van der Waals surface area contributed by atoms with Crippen molar-refractivity contribution in [2.45, 2.75) is 23.6 Å². The number of nitrogens with two attached hydrogens (primary N) is 2. The van der Waals surface area contributed by atoms with Crippen LogP contribution in [0, 0.1) is 13.8 Å². The Morgan fingerprint density at radius 3 is 1.12 bits per heavy atom. The molecule has 6 N–H and O–H groups in total. The second kappa shape index (κ2) is 15.4. The van der Waals surface area contributed by atoms with Gasteiger partial charge < -0.3 is 11.5 Å². The third kappa shape index (κ3) is 8.00. The Morgan fingerprint density at radius 2 is 0.800 bits per heavy atom. The van der Waals surface area contributed by atoms with Crippen molar-refractivity contribution >= 4 is 135 Å². The minimum Gasteiger partial charge on any atom is -0.396 e. The van der Waals surface area contributed by atoms with Crippen molar-refractivity contribution in [2.24, 2.45) is 20.5 Å². The summed E-state index contributed by atoms with van der Waals surface area (Å²) in [5.41, 5.74) is 17.6. The number of fused-ring (bicyclic) bond motifs is 2. The number of hydrogen-bond donors (Lipinski definition) is 4. The average molecular weight is 727 g/mol. The van der Waals surface area contributed by atoms with E-state index in [4.69, 9.17) is 11.5 Å². The third-order valence-corrected chi connectivity index (χ3v) is 9.65. The predicted octanol–water partition coefficient (Wildman–Crippen LogP) is 8.00. The molecular weight excluding hydrogens is 699 g/mol. The van der Waals surface area contributed by atoms with Crippen LogP contribution >= 0.6 is 0 Å². The van der Waals surface area contributed by atoms with E-state index in [1.165, 1.54) is 12.1 Å². The summed E-state index contributed by atoms with van der Waals surface area (Å²) in [5.74, 6) is 0. The average Bonchev–Trinajstić information content (AvgIpc) is 3.04. The predicted molar refractivity (Wildman–Crippen MR) is 198 cm³/mol. The summed E-state index contributed by atoms with van der Waals surface area (Å²) in [7, 11) is -9.09. The van der Waals surface area contributed by atoms with Crippen molar-refractivity contribution in [1.82, 2.24) is 0 Å². The van der Waals surface area contributed by atoms with Gasteiger partial charge in [0.2, 0.25) is 0 Å². The number of nitrogens with zero attached hydrogens (tertiary/aromatic N) is 4. The Bertz CT molecular complexity index is 2400. The molecule has 0 aromatic heterocycles. The Balaban J connectivity index is 0.00000281. The summed E-state index contributed by atoms with van der Waals surface area (Å²) >= 11 is 0. The molecule has 0 unspecified atom stereocenters. The zero-order valence-corrected chi connectivity index (χ0v) is 33.2. The first-order valence-corrected chi connectivity index (χ1v) is 17.2. The molecule has 16 heteroatoms. The summed E-state index contributed by atoms with van der Waals surface area (Å²) < 4.78 is 67.8. The topological polar surface area (TPSA) is 210 Å². The Labute approximate surface area is 332 Å². The number of hydrogen-bond acceptors (Lipinski definition) is 10. The summed E-state index contributed by atoms with van der Waals surface area (Å²) in [4.78, 5) is -0.620. The molecular formula is C34H28N6Na2O6S2. The molecule has 0 aliphatic carbocycles. The van der Waals surface area contributed by atoms with Gasteiger partial charge in [0.05, 0.1) is 22.7 Å². The summed E-state index contributed by atoms with van der Waals surface area (Å²) in [6, 6.07) is 26.6. The van der Waals surface area contributed by atoms with Crippen molar-refractivity contribution in [3.8, 4) is 11.1 Å². The molecule has 6 aromatic carbocycles. The summed E-state index contributed by atoms with van der Waals surface area (Å²) in [5, 5.41) is 18.5. The maximum Gasteiger partial charge on any atom is 0.295 e. The van der Waals surface area contributed by atoms with Gasteiger partial charge in [-0.25, -0.2) is 0 Å². The van der Waals surface area contributed by atoms with Crippen LogP contribution in [0.5, 0.6) is 0 Å². The standard InChI is InChI=1S/C34H28N6O6S2.2Na/c1-19-15-21(11-13-27(19)37-39-29-17-31(47(41,42)43)23-7-3-5-9-25(23)33(29)35)22-12-14-28(20(2)16-22)38-40-30-18-32(48(44,45)46)24-8-4-6-10-26(24)34(30)36;;/h3-18H,35-36H2,1-2H3,(H,41,42,43)(H,44,45,46);;. The van der Waals surface area contributed by atoms with Gasteiger partial charge in [0.15, 0.2) is 0 Å². The van der Waals surface area contributed by atoms with Crippen LogP contribution < -0.4 is 11.5 Å². The third-order valence-electron chi connectivity index (χ3n) is 7.87. The monoisotopic (exact) mass is 726 g/mol. The molecule has 12 nitrogen and oxygen atoms in total. The van der Waals surface area contributed by atoms with E-state index in [-0.39, 0.29) is 102 Å². The van der Waals surface area contributed by atoms with Crippen molar-refractivity contribution in [3.63, 3.8) is 0 Å². The second-order valence-electron chi connectivity index (χ2n) is 11.1. The fraction of sp³-hybridized carbons (Fsp3) is 0.0588. The molecule has 0 heterocycles. The van der Waals surface area contributed by atoms with Crippen molar-refractivity contribution in [1.29, 1.82) is 0 Å². The van der Waals surface area contributed by atoms with Gasteiger partial charge >= 0.3 is 0 Å². The Morgan fingerprint density at radius 1 is 0.480 bits per heavy atom. The Hall–Kier alpha value is -3.54. The van der Waals surface area contributed by atoms with Gasteiger partial charge in [-0.1, -0.05) is 60.7 Å². The zero-order chi connectivity index (χ0) is 34.4. The molecule has 0 fully saturated rings. The first kappa shape index (κ1) is 39.2. The van der Waals surface area contributed by atoms with E-state index in [0.29, 0.717) is 22.1 Å². The first-order chi connectivity index (χ1) is 22.7. The van der Waals surface area contributed by atoms with Gasteiger partial charge in [-0.15, -0.1) is 10.2 Å². The summed E-state index contributed by atoms with van der Waals surface area (Å²) in [6.45, 7) is 3.71. The van der Waals surface area contributed by atoms with Gasteiger partial charge in [0.1, 0.15) is 21.2 Å². The molecule has 0 atom stereocenters. The molecule has 0 saturated carbocycles. The van der Waals surface area contributed by atoms with E-state index in [1.807, 2.05) is 38.1 Å². The number of rotatable bonds is 7. The zero-order valence-electron chi connectivity index (χ0n) is 27.5. The van der Waals surface area contributed by atoms with E-state index in [0.717, 1.165) is 22.3 Å². The van der Waals surface area contributed by atoms with Gasteiger partial charge in [-0.2, -0.15) is 27.1 Å². The fourth-order valence-electron chi connectivity index (χ4n) is 5.40. The molecule has 0 bridgehead atoms. The molecule has 0 aliphatic heterocycles. The molecule has 244 valence electrons. The molecule has 0 amide bonds. The fourth-order valence-corrected chi connectivity index (χ4v) is 6.84. The normalized spacial score (nSPS) is 12.0. The van der Waals surface area contributed by atoms with Crippen molar-refractivity contribution < 1.29 is 25.9 Å². The number of benzene rings is 6. The van der Waals surface area contributed by atoms with E-state index in [2.05, 4.69) is 20.5 Å². The van der Waals surface area contributed by atoms with Crippen LogP contribution in [0.25, 0.3) is 32.7 Å². The Kier molecular flexibility index (Phi) is 12.1. The maximum absolute atomic E-state index is 12.1. The molecule has 50 heavy (non-hydrogen) atoms. The molecule has 2 radical (unpaired) electrons. The number of anilines is 2. The quantitative estimate of drug-likeness (QED) is 0.0546. The minimum absolute atomic E-state index is 0. The second-order valence-corrected chi connectivity index (χ2v) is 13.8. The molecule has 0 spiro atoms.